The number of nitrogens with zero attached hydrogens (tertiary/aromatic N) is 1. The topological polar surface area (TPSA) is 38.5 Å². The quantitative estimate of drug-likeness (QED) is 0.928. The van der Waals surface area contributed by atoms with Gasteiger partial charge in [0.2, 0.25) is 0 Å². The van der Waals surface area contributed by atoms with E-state index in [4.69, 9.17) is 10.5 Å². The first-order valence-electron chi connectivity index (χ1n) is 7.28. The smallest absolute Gasteiger partial charge is 0.0622 e. The van der Waals surface area contributed by atoms with Crippen LogP contribution in [0, 0.1) is 0 Å². The summed E-state index contributed by atoms with van der Waals surface area (Å²) in [5.74, 6) is 0. The SMILES string of the molecule is CN(C1CCOC1)C(CN)c1ccc2ccccc2c1. The normalized spacial score (nSPS) is 20.6. The minimum atomic E-state index is 0.256. The van der Waals surface area contributed by atoms with Crippen LogP contribution in [0.15, 0.2) is 42.5 Å². The predicted octanol–water partition coefficient (Wildman–Crippen LogP) is 2.56. The number of hydrogen-bond donors (Lipinski definition) is 1. The molecule has 1 saturated heterocycles. The zero-order valence-corrected chi connectivity index (χ0v) is 12.0. The van der Waals surface area contributed by atoms with Crippen LogP contribution in [0.1, 0.15) is 18.0 Å². The molecule has 1 fully saturated rings. The van der Waals surface area contributed by atoms with Crippen molar-refractivity contribution in [2.45, 2.75) is 18.5 Å². The molecule has 0 spiro atoms. The lowest BCUT2D eigenvalue weighted by atomic mass is 9.99. The summed E-state index contributed by atoms with van der Waals surface area (Å²) in [6.07, 6.45) is 1.10. The fourth-order valence-electron chi connectivity index (χ4n) is 3.05. The molecule has 106 valence electrons. The second kappa shape index (κ2) is 5.92. The van der Waals surface area contributed by atoms with Crippen LogP contribution in [0.4, 0.5) is 0 Å². The maximum Gasteiger partial charge on any atom is 0.0622 e. The van der Waals surface area contributed by atoms with Gasteiger partial charge < -0.3 is 10.5 Å². The predicted molar refractivity (Wildman–Crippen MR) is 82.7 cm³/mol. The zero-order chi connectivity index (χ0) is 13.9. The zero-order valence-electron chi connectivity index (χ0n) is 12.0. The average Bonchev–Trinajstić information content (AvgIpc) is 3.02. The van der Waals surface area contributed by atoms with Crippen LogP contribution in [0.2, 0.25) is 0 Å². The van der Waals surface area contributed by atoms with E-state index in [1.807, 2.05) is 0 Å². The third-order valence-corrected chi connectivity index (χ3v) is 4.35. The fourth-order valence-corrected chi connectivity index (χ4v) is 3.05. The van der Waals surface area contributed by atoms with Gasteiger partial charge in [-0.3, -0.25) is 4.90 Å². The van der Waals surface area contributed by atoms with Crippen LogP contribution in [-0.4, -0.2) is 37.7 Å². The lowest BCUT2D eigenvalue weighted by Gasteiger charge is -2.32. The van der Waals surface area contributed by atoms with E-state index in [9.17, 15) is 0 Å². The number of ether oxygens (including phenoxy) is 1. The van der Waals surface area contributed by atoms with Gasteiger partial charge in [0.05, 0.1) is 6.61 Å². The Morgan fingerprint density at radius 3 is 2.75 bits per heavy atom. The van der Waals surface area contributed by atoms with E-state index in [-0.39, 0.29) is 6.04 Å². The molecule has 20 heavy (non-hydrogen) atoms. The first-order chi connectivity index (χ1) is 9.79. The van der Waals surface area contributed by atoms with Gasteiger partial charge >= 0.3 is 0 Å². The molecule has 0 saturated carbocycles. The molecule has 0 aliphatic carbocycles. The molecule has 0 bridgehead atoms. The second-order valence-corrected chi connectivity index (χ2v) is 5.54. The third kappa shape index (κ3) is 2.57. The summed E-state index contributed by atoms with van der Waals surface area (Å²) in [4.78, 5) is 2.37. The van der Waals surface area contributed by atoms with E-state index < -0.39 is 0 Å². The molecule has 2 aromatic carbocycles. The number of fused-ring (bicyclic) bond motifs is 1. The first-order valence-corrected chi connectivity index (χ1v) is 7.28. The van der Waals surface area contributed by atoms with Crippen LogP contribution < -0.4 is 5.73 Å². The van der Waals surface area contributed by atoms with Gasteiger partial charge in [0.1, 0.15) is 0 Å². The highest BCUT2D eigenvalue weighted by molar-refractivity contribution is 5.83. The van der Waals surface area contributed by atoms with Gasteiger partial charge in [-0.25, -0.2) is 0 Å². The minimum Gasteiger partial charge on any atom is -0.380 e. The highest BCUT2D eigenvalue weighted by Gasteiger charge is 2.26. The Labute approximate surface area is 120 Å². The maximum atomic E-state index is 6.03. The summed E-state index contributed by atoms with van der Waals surface area (Å²) in [6, 6.07) is 15.8. The molecule has 1 heterocycles. The standard InChI is InChI=1S/C17H22N2O/c1-19(16-8-9-20-12-16)17(11-18)15-7-6-13-4-2-3-5-14(13)10-15/h2-7,10,16-17H,8-9,11-12,18H2,1H3. The number of likely N-dealkylation sites (N-methyl/N-ethyl adjacent to an activating group) is 1. The molecular formula is C17H22N2O. The fraction of sp³-hybridized carbons (Fsp3) is 0.412. The van der Waals surface area contributed by atoms with Crippen LogP contribution in [-0.2, 0) is 4.74 Å². The molecule has 1 aliphatic heterocycles. The summed E-state index contributed by atoms with van der Waals surface area (Å²) < 4.78 is 5.50. The highest BCUT2D eigenvalue weighted by Crippen LogP contribution is 2.26. The van der Waals surface area contributed by atoms with Crippen LogP contribution in [0.5, 0.6) is 0 Å². The van der Waals surface area contributed by atoms with Gasteiger partial charge in [0, 0.05) is 25.2 Å². The van der Waals surface area contributed by atoms with Gasteiger partial charge in [-0.15, -0.1) is 0 Å². The summed E-state index contributed by atoms with van der Waals surface area (Å²) in [7, 11) is 2.16. The van der Waals surface area contributed by atoms with Crippen molar-refractivity contribution in [2.75, 3.05) is 26.8 Å². The van der Waals surface area contributed by atoms with Crippen LogP contribution >= 0.6 is 0 Å². The molecule has 2 atom stereocenters. The number of nitrogens with two attached hydrogens (primary N) is 1. The van der Waals surface area contributed by atoms with Gasteiger partial charge in [-0.2, -0.15) is 0 Å². The molecule has 2 aromatic rings. The van der Waals surface area contributed by atoms with Crippen molar-refractivity contribution >= 4 is 10.8 Å². The molecule has 0 aromatic heterocycles. The van der Waals surface area contributed by atoms with E-state index in [2.05, 4.69) is 54.4 Å². The number of benzene rings is 2. The molecule has 2 unspecified atom stereocenters. The number of hydrogen-bond acceptors (Lipinski definition) is 3. The Morgan fingerprint density at radius 2 is 2.05 bits per heavy atom. The average molecular weight is 270 g/mol. The maximum absolute atomic E-state index is 6.03. The van der Waals surface area contributed by atoms with E-state index in [0.717, 1.165) is 19.6 Å². The Kier molecular flexibility index (Phi) is 4.01. The minimum absolute atomic E-state index is 0.256. The van der Waals surface area contributed by atoms with Crippen molar-refractivity contribution in [3.8, 4) is 0 Å². The van der Waals surface area contributed by atoms with E-state index >= 15 is 0 Å². The molecule has 3 heteroatoms. The lowest BCUT2D eigenvalue weighted by molar-refractivity contribution is 0.134. The van der Waals surface area contributed by atoms with Crippen molar-refractivity contribution in [1.29, 1.82) is 0 Å². The van der Waals surface area contributed by atoms with Crippen molar-refractivity contribution in [1.82, 2.24) is 4.90 Å². The van der Waals surface area contributed by atoms with Gasteiger partial charge in [-0.1, -0.05) is 36.4 Å². The van der Waals surface area contributed by atoms with Crippen molar-refractivity contribution < 1.29 is 4.74 Å². The third-order valence-electron chi connectivity index (χ3n) is 4.35. The first kappa shape index (κ1) is 13.6. The summed E-state index contributed by atoms with van der Waals surface area (Å²) >= 11 is 0. The van der Waals surface area contributed by atoms with Gasteiger partial charge in [-0.05, 0) is 35.9 Å². The van der Waals surface area contributed by atoms with Crippen LogP contribution in [0.3, 0.4) is 0 Å². The number of rotatable bonds is 4. The molecule has 2 N–H and O–H groups in total. The summed E-state index contributed by atoms with van der Waals surface area (Å²) in [6.45, 7) is 2.32. The molecule has 3 rings (SSSR count). The largest absolute Gasteiger partial charge is 0.380 e. The Morgan fingerprint density at radius 1 is 1.25 bits per heavy atom. The highest BCUT2D eigenvalue weighted by atomic mass is 16.5. The van der Waals surface area contributed by atoms with Crippen molar-refractivity contribution in [3.05, 3.63) is 48.0 Å². The Hall–Kier alpha value is -1.42. The van der Waals surface area contributed by atoms with Gasteiger partial charge in [0.25, 0.3) is 0 Å². The summed E-state index contributed by atoms with van der Waals surface area (Å²) in [5.41, 5.74) is 7.33. The molecule has 0 amide bonds. The Bertz CT molecular complexity index is 578. The second-order valence-electron chi connectivity index (χ2n) is 5.54. The van der Waals surface area contributed by atoms with Crippen LogP contribution in [0.25, 0.3) is 10.8 Å². The van der Waals surface area contributed by atoms with E-state index in [1.54, 1.807) is 0 Å². The van der Waals surface area contributed by atoms with Crippen molar-refractivity contribution in [2.24, 2.45) is 5.73 Å². The Balaban J connectivity index is 1.89. The monoisotopic (exact) mass is 270 g/mol. The molecule has 3 nitrogen and oxygen atoms in total. The van der Waals surface area contributed by atoms with Crippen molar-refractivity contribution in [3.63, 3.8) is 0 Å². The molecule has 0 radical (unpaired) electrons. The summed E-state index contributed by atoms with van der Waals surface area (Å²) in [5, 5.41) is 2.55. The van der Waals surface area contributed by atoms with E-state index in [0.29, 0.717) is 12.6 Å². The van der Waals surface area contributed by atoms with Gasteiger partial charge in [0.15, 0.2) is 0 Å². The lowest BCUT2D eigenvalue weighted by Crippen LogP contribution is -2.38. The molecule has 1 aliphatic rings. The molecular weight excluding hydrogens is 248 g/mol. The van der Waals surface area contributed by atoms with E-state index in [1.165, 1.54) is 16.3 Å².